The standard InChI is InChI=1S/C13H16N2O2/c16-7-14-12(15-8-17)13-5-4-9(6-13)10-2-1-3-11(10)13/h9-12H,1-6H2. The molecule has 0 N–H and O–H groups in total. The van der Waals surface area contributed by atoms with Gasteiger partial charge in [0.25, 0.3) is 0 Å². The summed E-state index contributed by atoms with van der Waals surface area (Å²) in [6.07, 6.45) is 9.80. The van der Waals surface area contributed by atoms with E-state index < -0.39 is 6.17 Å². The summed E-state index contributed by atoms with van der Waals surface area (Å²) in [5, 5.41) is 0. The van der Waals surface area contributed by atoms with Gasteiger partial charge in [-0.15, -0.1) is 0 Å². The van der Waals surface area contributed by atoms with Crippen LogP contribution in [0.5, 0.6) is 0 Å². The van der Waals surface area contributed by atoms with Gasteiger partial charge in [0.2, 0.25) is 12.2 Å². The second-order valence-electron chi connectivity index (χ2n) is 5.75. The molecule has 0 heterocycles. The van der Waals surface area contributed by atoms with Crippen LogP contribution in [0.1, 0.15) is 38.5 Å². The Labute approximate surface area is 100 Å². The summed E-state index contributed by atoms with van der Waals surface area (Å²) >= 11 is 0. The molecule has 3 rings (SSSR count). The molecule has 4 nitrogen and oxygen atoms in total. The summed E-state index contributed by atoms with van der Waals surface area (Å²) in [5.74, 6) is 2.17. The Morgan fingerprint density at radius 3 is 2.59 bits per heavy atom. The molecule has 0 aliphatic heterocycles. The third-order valence-corrected chi connectivity index (χ3v) is 5.40. The second-order valence-corrected chi connectivity index (χ2v) is 5.75. The SMILES string of the molecule is O=C=NC(N=C=O)C12CCC(C1)C1CCCC12. The lowest BCUT2D eigenvalue weighted by atomic mass is 9.70. The smallest absolute Gasteiger partial charge is 0.211 e. The van der Waals surface area contributed by atoms with Crippen molar-refractivity contribution >= 4 is 12.2 Å². The van der Waals surface area contributed by atoms with Gasteiger partial charge in [-0.1, -0.05) is 6.42 Å². The van der Waals surface area contributed by atoms with Gasteiger partial charge in [0.1, 0.15) is 0 Å². The Morgan fingerprint density at radius 2 is 1.88 bits per heavy atom. The van der Waals surface area contributed by atoms with Gasteiger partial charge in [-0.05, 0) is 49.9 Å². The fourth-order valence-electron chi connectivity index (χ4n) is 4.93. The van der Waals surface area contributed by atoms with Crippen molar-refractivity contribution in [3.8, 4) is 0 Å². The first kappa shape index (κ1) is 10.9. The maximum atomic E-state index is 10.5. The van der Waals surface area contributed by atoms with E-state index in [1.165, 1.54) is 25.7 Å². The molecule has 0 radical (unpaired) electrons. The lowest BCUT2D eigenvalue weighted by Crippen LogP contribution is -2.37. The Hall–Kier alpha value is -1.24. The molecular weight excluding hydrogens is 216 g/mol. The Bertz CT molecular complexity index is 405. The Balaban J connectivity index is 1.98. The summed E-state index contributed by atoms with van der Waals surface area (Å²) in [4.78, 5) is 28.6. The van der Waals surface area contributed by atoms with Crippen LogP contribution < -0.4 is 0 Å². The van der Waals surface area contributed by atoms with Crippen molar-refractivity contribution < 1.29 is 9.59 Å². The molecule has 3 saturated carbocycles. The minimum atomic E-state index is -0.518. The average molecular weight is 232 g/mol. The molecule has 0 amide bonds. The molecule has 2 bridgehead atoms. The fraction of sp³-hybridized carbons (Fsp3) is 0.846. The molecular formula is C13H16N2O2. The maximum absolute atomic E-state index is 10.5. The molecule has 4 heteroatoms. The van der Waals surface area contributed by atoms with Crippen LogP contribution in [0, 0.1) is 23.2 Å². The van der Waals surface area contributed by atoms with Crippen LogP contribution in [0.2, 0.25) is 0 Å². The van der Waals surface area contributed by atoms with Crippen LogP contribution in [0.25, 0.3) is 0 Å². The molecule has 3 fully saturated rings. The lowest BCUT2D eigenvalue weighted by Gasteiger charge is -2.37. The summed E-state index contributed by atoms with van der Waals surface area (Å²) in [7, 11) is 0. The summed E-state index contributed by atoms with van der Waals surface area (Å²) in [5.41, 5.74) is -0.0271. The van der Waals surface area contributed by atoms with Crippen LogP contribution in [0.3, 0.4) is 0 Å². The maximum Gasteiger partial charge on any atom is 0.237 e. The van der Waals surface area contributed by atoms with Gasteiger partial charge in [0.15, 0.2) is 6.17 Å². The van der Waals surface area contributed by atoms with Crippen LogP contribution in [0.15, 0.2) is 9.98 Å². The van der Waals surface area contributed by atoms with Gasteiger partial charge in [-0.3, -0.25) is 0 Å². The van der Waals surface area contributed by atoms with Gasteiger partial charge in [-0.25, -0.2) is 9.59 Å². The monoisotopic (exact) mass is 232 g/mol. The van der Waals surface area contributed by atoms with E-state index in [4.69, 9.17) is 0 Å². The molecule has 17 heavy (non-hydrogen) atoms. The summed E-state index contributed by atoms with van der Waals surface area (Å²) in [6.45, 7) is 0. The van der Waals surface area contributed by atoms with Crippen molar-refractivity contribution in [3.05, 3.63) is 0 Å². The van der Waals surface area contributed by atoms with Crippen molar-refractivity contribution in [3.63, 3.8) is 0 Å². The van der Waals surface area contributed by atoms with Gasteiger partial charge in [0, 0.05) is 5.41 Å². The molecule has 4 atom stereocenters. The minimum Gasteiger partial charge on any atom is -0.211 e. The molecule has 0 aromatic rings. The van der Waals surface area contributed by atoms with E-state index in [2.05, 4.69) is 9.98 Å². The van der Waals surface area contributed by atoms with Crippen LogP contribution in [-0.4, -0.2) is 18.3 Å². The zero-order chi connectivity index (χ0) is 11.9. The summed E-state index contributed by atoms with van der Waals surface area (Å²) in [6, 6.07) is 0. The third-order valence-electron chi connectivity index (χ3n) is 5.40. The van der Waals surface area contributed by atoms with Crippen molar-refractivity contribution in [2.75, 3.05) is 0 Å². The van der Waals surface area contributed by atoms with Gasteiger partial charge in [-0.2, -0.15) is 9.98 Å². The molecule has 0 saturated heterocycles. The number of hydrogen-bond acceptors (Lipinski definition) is 4. The number of carbonyl (C=O) groups excluding carboxylic acids is 2. The minimum absolute atomic E-state index is 0.0271. The van der Waals surface area contributed by atoms with E-state index in [0.717, 1.165) is 24.7 Å². The predicted molar refractivity (Wildman–Crippen MR) is 60.6 cm³/mol. The van der Waals surface area contributed by atoms with Gasteiger partial charge >= 0.3 is 0 Å². The van der Waals surface area contributed by atoms with Crippen molar-refractivity contribution in [1.82, 2.24) is 0 Å². The third kappa shape index (κ3) is 1.38. The number of nitrogens with zero attached hydrogens (tertiary/aromatic N) is 2. The molecule has 3 aliphatic rings. The highest BCUT2D eigenvalue weighted by Crippen LogP contribution is 2.67. The van der Waals surface area contributed by atoms with E-state index in [9.17, 15) is 9.59 Å². The second kappa shape index (κ2) is 3.90. The van der Waals surface area contributed by atoms with Crippen LogP contribution in [-0.2, 0) is 9.59 Å². The largest absolute Gasteiger partial charge is 0.237 e. The van der Waals surface area contributed by atoms with E-state index in [1.54, 1.807) is 12.2 Å². The molecule has 0 aromatic carbocycles. The van der Waals surface area contributed by atoms with Crippen LogP contribution in [0.4, 0.5) is 0 Å². The zero-order valence-corrected chi connectivity index (χ0v) is 9.76. The van der Waals surface area contributed by atoms with E-state index in [0.29, 0.717) is 5.92 Å². The molecule has 0 spiro atoms. The zero-order valence-electron chi connectivity index (χ0n) is 9.76. The molecule has 3 aliphatic carbocycles. The normalized spacial score (nSPS) is 43.6. The first-order valence-electron chi connectivity index (χ1n) is 6.46. The van der Waals surface area contributed by atoms with E-state index >= 15 is 0 Å². The van der Waals surface area contributed by atoms with Crippen molar-refractivity contribution in [2.24, 2.45) is 33.2 Å². The highest BCUT2D eigenvalue weighted by atomic mass is 16.1. The highest BCUT2D eigenvalue weighted by Gasteiger charge is 2.62. The first-order valence-corrected chi connectivity index (χ1v) is 6.46. The van der Waals surface area contributed by atoms with Crippen molar-refractivity contribution in [2.45, 2.75) is 44.7 Å². The Morgan fingerprint density at radius 1 is 1.12 bits per heavy atom. The van der Waals surface area contributed by atoms with Gasteiger partial charge < -0.3 is 0 Å². The number of rotatable bonds is 3. The number of isocyanates is 2. The van der Waals surface area contributed by atoms with E-state index in [-0.39, 0.29) is 5.41 Å². The van der Waals surface area contributed by atoms with E-state index in [1.807, 2.05) is 0 Å². The highest BCUT2D eigenvalue weighted by molar-refractivity contribution is 5.38. The first-order chi connectivity index (χ1) is 8.31. The quantitative estimate of drug-likeness (QED) is 0.553. The van der Waals surface area contributed by atoms with Crippen molar-refractivity contribution in [1.29, 1.82) is 0 Å². The Kier molecular flexibility index (Phi) is 2.50. The number of aliphatic imine (C=N–C) groups is 2. The van der Waals surface area contributed by atoms with Gasteiger partial charge in [0.05, 0.1) is 0 Å². The predicted octanol–water partition coefficient (Wildman–Crippen LogP) is 2.20. The number of fused-ring (bicyclic) bond motifs is 5. The molecule has 4 unspecified atom stereocenters. The van der Waals surface area contributed by atoms with Crippen LogP contribution >= 0.6 is 0 Å². The lowest BCUT2D eigenvalue weighted by molar-refractivity contribution is 0.122. The topological polar surface area (TPSA) is 58.9 Å². The number of hydrogen-bond donors (Lipinski definition) is 0. The molecule has 0 aromatic heterocycles. The summed E-state index contributed by atoms with van der Waals surface area (Å²) < 4.78 is 0. The fourth-order valence-corrected chi connectivity index (χ4v) is 4.93. The average Bonchev–Trinajstić information content (AvgIpc) is 3.01. The molecule has 90 valence electrons.